The first-order valence-corrected chi connectivity index (χ1v) is 10.1. The van der Waals surface area contributed by atoms with Crippen LogP contribution in [0.2, 0.25) is 0 Å². The number of sulfonamides is 1. The van der Waals surface area contributed by atoms with Crippen molar-refractivity contribution in [2.24, 2.45) is 0 Å². The van der Waals surface area contributed by atoms with Crippen LogP contribution in [0, 0.1) is 13.8 Å². The average Bonchev–Trinajstić information content (AvgIpc) is 2.61. The fourth-order valence-corrected chi connectivity index (χ4v) is 4.25. The number of ether oxygens (including phenoxy) is 1. The van der Waals surface area contributed by atoms with Crippen LogP contribution in [0.25, 0.3) is 0 Å². The van der Waals surface area contributed by atoms with Crippen molar-refractivity contribution in [2.75, 3.05) is 7.11 Å². The second kappa shape index (κ2) is 8.02. The van der Waals surface area contributed by atoms with Gasteiger partial charge in [-0.15, -0.1) is 0 Å². The highest BCUT2D eigenvalue weighted by Crippen LogP contribution is 2.25. The van der Waals surface area contributed by atoms with Gasteiger partial charge in [-0.2, -0.15) is 0 Å². The molecule has 0 spiro atoms. The predicted molar refractivity (Wildman–Crippen MR) is 102 cm³/mol. The van der Waals surface area contributed by atoms with Gasteiger partial charge in [-0.05, 0) is 66.6 Å². The normalized spacial score (nSPS) is 11.6. The van der Waals surface area contributed by atoms with E-state index in [1.54, 1.807) is 26.2 Å². The quantitative estimate of drug-likeness (QED) is 0.813. The molecule has 0 fully saturated rings. The van der Waals surface area contributed by atoms with Gasteiger partial charge < -0.3 is 4.74 Å². The predicted octanol–water partition coefficient (Wildman–Crippen LogP) is 3.92. The van der Waals surface area contributed by atoms with Gasteiger partial charge in [-0.1, -0.05) is 32.0 Å². The molecule has 0 atom stereocenters. The number of hydrogen-bond donors (Lipinski definition) is 1. The highest BCUT2D eigenvalue weighted by Gasteiger charge is 2.19. The first-order valence-electron chi connectivity index (χ1n) is 8.58. The maximum atomic E-state index is 12.8. The van der Waals surface area contributed by atoms with Crippen LogP contribution in [-0.2, 0) is 29.4 Å². The van der Waals surface area contributed by atoms with Crippen molar-refractivity contribution in [3.63, 3.8) is 0 Å². The lowest BCUT2D eigenvalue weighted by molar-refractivity contribution is 0.411. The van der Waals surface area contributed by atoms with E-state index < -0.39 is 10.0 Å². The third-order valence-corrected chi connectivity index (χ3v) is 6.04. The Labute approximate surface area is 151 Å². The minimum Gasteiger partial charge on any atom is -0.496 e. The van der Waals surface area contributed by atoms with Crippen molar-refractivity contribution in [3.8, 4) is 5.75 Å². The summed E-state index contributed by atoms with van der Waals surface area (Å²) in [5, 5.41) is 0. The number of benzene rings is 2. The van der Waals surface area contributed by atoms with E-state index in [1.807, 2.05) is 6.92 Å². The molecule has 2 aromatic rings. The molecule has 1 N–H and O–H groups in total. The third-order valence-electron chi connectivity index (χ3n) is 4.49. The van der Waals surface area contributed by atoms with Gasteiger partial charge in [0.2, 0.25) is 10.0 Å². The standard InChI is InChI=1S/C20H27NO3S/c1-6-16-8-9-17(7-2)18(12-16)13-21-25(22,23)20-11-14(3)19(24-5)10-15(20)4/h8-12,21H,6-7,13H2,1-5H3. The topological polar surface area (TPSA) is 55.4 Å². The van der Waals surface area contributed by atoms with E-state index in [9.17, 15) is 8.42 Å². The Balaban J connectivity index is 2.30. The van der Waals surface area contributed by atoms with E-state index in [1.165, 1.54) is 11.1 Å². The van der Waals surface area contributed by atoms with Gasteiger partial charge in [0.1, 0.15) is 5.75 Å². The molecule has 25 heavy (non-hydrogen) atoms. The SMILES string of the molecule is CCc1ccc(CC)c(CNS(=O)(=O)c2cc(C)c(OC)cc2C)c1. The van der Waals surface area contributed by atoms with Crippen LogP contribution in [0.3, 0.4) is 0 Å². The summed E-state index contributed by atoms with van der Waals surface area (Å²) < 4.78 is 33.6. The monoisotopic (exact) mass is 361 g/mol. The molecule has 0 unspecified atom stereocenters. The average molecular weight is 362 g/mol. The lowest BCUT2D eigenvalue weighted by Crippen LogP contribution is -2.24. The Hall–Kier alpha value is -1.85. The van der Waals surface area contributed by atoms with Crippen LogP contribution < -0.4 is 9.46 Å². The van der Waals surface area contributed by atoms with Gasteiger partial charge in [0.15, 0.2) is 0 Å². The van der Waals surface area contributed by atoms with Crippen LogP contribution in [0.15, 0.2) is 35.2 Å². The van der Waals surface area contributed by atoms with E-state index >= 15 is 0 Å². The number of aryl methyl sites for hydroxylation is 4. The molecule has 0 saturated carbocycles. The number of methoxy groups -OCH3 is 1. The van der Waals surface area contributed by atoms with Crippen molar-refractivity contribution in [1.29, 1.82) is 0 Å². The van der Waals surface area contributed by atoms with Gasteiger partial charge in [-0.3, -0.25) is 0 Å². The van der Waals surface area contributed by atoms with Gasteiger partial charge in [-0.25, -0.2) is 13.1 Å². The highest BCUT2D eigenvalue weighted by molar-refractivity contribution is 7.89. The van der Waals surface area contributed by atoms with Gasteiger partial charge in [0, 0.05) is 6.54 Å². The van der Waals surface area contributed by atoms with E-state index in [-0.39, 0.29) is 0 Å². The van der Waals surface area contributed by atoms with Crippen molar-refractivity contribution in [3.05, 3.63) is 58.1 Å². The fraction of sp³-hybridized carbons (Fsp3) is 0.400. The molecule has 0 amide bonds. The molecule has 0 saturated heterocycles. The number of hydrogen-bond acceptors (Lipinski definition) is 3. The molecule has 0 radical (unpaired) electrons. The van der Waals surface area contributed by atoms with Crippen LogP contribution >= 0.6 is 0 Å². The summed E-state index contributed by atoms with van der Waals surface area (Å²) in [6.07, 6.45) is 1.81. The van der Waals surface area contributed by atoms with Gasteiger partial charge in [0.05, 0.1) is 12.0 Å². The van der Waals surface area contributed by atoms with Crippen LogP contribution in [0.1, 0.15) is 41.7 Å². The molecule has 5 heteroatoms. The second-order valence-corrected chi connectivity index (χ2v) is 7.96. The Morgan fingerprint density at radius 2 is 1.68 bits per heavy atom. The number of nitrogens with one attached hydrogen (secondary N) is 1. The molecule has 0 bridgehead atoms. The highest BCUT2D eigenvalue weighted by atomic mass is 32.2. The number of rotatable bonds is 7. The largest absolute Gasteiger partial charge is 0.496 e. The molecule has 2 rings (SSSR count). The Morgan fingerprint density at radius 3 is 2.28 bits per heavy atom. The van der Waals surface area contributed by atoms with Crippen LogP contribution in [-0.4, -0.2) is 15.5 Å². The summed E-state index contributed by atoms with van der Waals surface area (Å²) in [7, 11) is -2.00. The van der Waals surface area contributed by atoms with Crippen molar-refractivity contribution in [1.82, 2.24) is 4.72 Å². The molecular weight excluding hydrogens is 334 g/mol. The van der Waals surface area contributed by atoms with E-state index in [2.05, 4.69) is 36.8 Å². The van der Waals surface area contributed by atoms with Crippen LogP contribution in [0.5, 0.6) is 5.75 Å². The Kier molecular flexibility index (Phi) is 6.25. The smallest absolute Gasteiger partial charge is 0.241 e. The molecule has 0 aromatic heterocycles. The van der Waals surface area contributed by atoms with Crippen molar-refractivity contribution < 1.29 is 13.2 Å². The second-order valence-electron chi connectivity index (χ2n) is 6.22. The minimum atomic E-state index is -3.59. The fourth-order valence-electron chi connectivity index (χ4n) is 2.93. The maximum Gasteiger partial charge on any atom is 0.241 e. The van der Waals surface area contributed by atoms with Gasteiger partial charge >= 0.3 is 0 Å². The van der Waals surface area contributed by atoms with E-state index in [0.29, 0.717) is 22.8 Å². The summed E-state index contributed by atoms with van der Waals surface area (Å²) in [6.45, 7) is 8.10. The molecule has 136 valence electrons. The first kappa shape index (κ1) is 19.5. The molecule has 0 aliphatic carbocycles. The summed E-state index contributed by atoms with van der Waals surface area (Å²) >= 11 is 0. The molecule has 2 aromatic carbocycles. The first-order chi connectivity index (χ1) is 11.8. The third kappa shape index (κ3) is 4.41. The summed E-state index contributed by atoms with van der Waals surface area (Å²) in [5.74, 6) is 0.695. The zero-order chi connectivity index (χ0) is 18.6. The van der Waals surface area contributed by atoms with Crippen molar-refractivity contribution >= 4 is 10.0 Å². The zero-order valence-corrected chi connectivity index (χ0v) is 16.5. The zero-order valence-electron chi connectivity index (χ0n) is 15.6. The lowest BCUT2D eigenvalue weighted by Gasteiger charge is -2.14. The Bertz CT molecular complexity index is 857. The van der Waals surface area contributed by atoms with E-state index in [0.717, 1.165) is 24.0 Å². The summed E-state index contributed by atoms with van der Waals surface area (Å²) in [6, 6.07) is 9.71. The maximum absolute atomic E-state index is 12.8. The van der Waals surface area contributed by atoms with Crippen LogP contribution in [0.4, 0.5) is 0 Å². The summed E-state index contributed by atoms with van der Waals surface area (Å²) in [4.78, 5) is 0.301. The molecule has 0 aliphatic heterocycles. The Morgan fingerprint density at radius 1 is 0.960 bits per heavy atom. The molecular formula is C20H27NO3S. The minimum absolute atomic E-state index is 0.295. The summed E-state index contributed by atoms with van der Waals surface area (Å²) in [5.41, 5.74) is 4.89. The molecule has 4 nitrogen and oxygen atoms in total. The van der Waals surface area contributed by atoms with Gasteiger partial charge in [0.25, 0.3) is 0 Å². The lowest BCUT2D eigenvalue weighted by atomic mass is 10.0. The molecule has 0 aliphatic rings. The van der Waals surface area contributed by atoms with Crippen molar-refractivity contribution in [2.45, 2.75) is 52.0 Å². The molecule has 0 heterocycles. The van der Waals surface area contributed by atoms with E-state index in [4.69, 9.17) is 4.74 Å².